The minimum absolute atomic E-state index is 0.142. The second-order valence-corrected chi connectivity index (χ2v) is 13.9. The zero-order chi connectivity index (χ0) is 32.4. The predicted octanol–water partition coefficient (Wildman–Crippen LogP) is 10.7. The summed E-state index contributed by atoms with van der Waals surface area (Å²) in [7, 11) is 0. The highest BCUT2D eigenvalue weighted by Gasteiger charge is 2.26. The standard InChI is InChI=1S/C39H79NO4/c1-3-5-7-9-11-13-15-17-19-20-21-23-25-27-29-31-33-37(42)39(44)36(35-41)40-38(43)34-32-30-28-26-24-22-18-16-14-12-10-8-6-4-2/h36-37,39,41-42,44H,3-35H2,1-2H3,(H,40,43). The van der Waals surface area contributed by atoms with Gasteiger partial charge < -0.3 is 20.6 Å². The van der Waals surface area contributed by atoms with Crippen molar-refractivity contribution < 1.29 is 20.1 Å². The van der Waals surface area contributed by atoms with Crippen molar-refractivity contribution >= 4 is 5.91 Å². The molecule has 1 amide bonds. The van der Waals surface area contributed by atoms with E-state index in [0.29, 0.717) is 12.8 Å². The maximum Gasteiger partial charge on any atom is 0.220 e. The van der Waals surface area contributed by atoms with Crippen molar-refractivity contribution in [1.82, 2.24) is 5.32 Å². The molecular formula is C39H79NO4. The number of amides is 1. The Morgan fingerprint density at radius 1 is 0.477 bits per heavy atom. The van der Waals surface area contributed by atoms with Crippen LogP contribution in [-0.4, -0.2) is 46.1 Å². The third-order valence-electron chi connectivity index (χ3n) is 9.46. The van der Waals surface area contributed by atoms with Gasteiger partial charge in [-0.05, 0) is 12.8 Å². The van der Waals surface area contributed by atoms with Crippen LogP contribution in [0.4, 0.5) is 0 Å². The number of nitrogens with one attached hydrogen (secondary N) is 1. The Balaban J connectivity index is 3.63. The molecule has 4 N–H and O–H groups in total. The second kappa shape index (κ2) is 35.2. The molecule has 0 rings (SSSR count). The van der Waals surface area contributed by atoms with Crippen molar-refractivity contribution in [2.45, 2.75) is 238 Å². The summed E-state index contributed by atoms with van der Waals surface area (Å²) in [6, 6.07) is -0.801. The lowest BCUT2D eigenvalue weighted by molar-refractivity contribution is -0.124. The Bertz CT molecular complexity index is 572. The molecule has 0 saturated carbocycles. The Labute approximate surface area is 275 Å². The zero-order valence-electron chi connectivity index (χ0n) is 29.8. The summed E-state index contributed by atoms with van der Waals surface area (Å²) in [5, 5.41) is 33.4. The lowest BCUT2D eigenvalue weighted by Crippen LogP contribution is -2.50. The molecule has 0 aliphatic rings. The van der Waals surface area contributed by atoms with Crippen LogP contribution < -0.4 is 5.32 Å². The summed E-state index contributed by atoms with van der Waals surface area (Å²) in [5.41, 5.74) is 0. The number of rotatable bonds is 36. The predicted molar refractivity (Wildman–Crippen MR) is 190 cm³/mol. The van der Waals surface area contributed by atoms with Crippen LogP contribution in [0.2, 0.25) is 0 Å². The summed E-state index contributed by atoms with van der Waals surface area (Å²) in [6.45, 7) is 4.18. The third kappa shape index (κ3) is 30.0. The molecule has 0 radical (unpaired) electrons. The number of hydrogen-bond donors (Lipinski definition) is 4. The minimum atomic E-state index is -1.13. The van der Waals surface area contributed by atoms with Gasteiger partial charge in [-0.15, -0.1) is 0 Å². The highest BCUT2D eigenvalue weighted by molar-refractivity contribution is 5.76. The molecule has 0 spiro atoms. The molecular weight excluding hydrogens is 546 g/mol. The number of carbonyl (C=O) groups excluding carboxylic acids is 1. The molecule has 44 heavy (non-hydrogen) atoms. The van der Waals surface area contributed by atoms with E-state index in [0.717, 1.165) is 32.1 Å². The Hall–Kier alpha value is -0.650. The number of carbonyl (C=O) groups is 1. The average Bonchev–Trinajstić information content (AvgIpc) is 3.03. The van der Waals surface area contributed by atoms with E-state index in [1.54, 1.807) is 0 Å². The topological polar surface area (TPSA) is 89.8 Å². The second-order valence-electron chi connectivity index (χ2n) is 13.9. The van der Waals surface area contributed by atoms with Crippen LogP contribution in [0.25, 0.3) is 0 Å². The normalized spacial score (nSPS) is 13.7. The van der Waals surface area contributed by atoms with Crippen molar-refractivity contribution in [1.29, 1.82) is 0 Å². The molecule has 0 saturated heterocycles. The van der Waals surface area contributed by atoms with Gasteiger partial charge in [0.15, 0.2) is 0 Å². The molecule has 264 valence electrons. The molecule has 3 unspecified atom stereocenters. The lowest BCUT2D eigenvalue weighted by atomic mass is 9.99. The van der Waals surface area contributed by atoms with Crippen molar-refractivity contribution in [3.8, 4) is 0 Å². The van der Waals surface area contributed by atoms with E-state index in [9.17, 15) is 20.1 Å². The summed E-state index contributed by atoms with van der Waals surface area (Å²) in [6.07, 6.45) is 37.6. The van der Waals surface area contributed by atoms with E-state index in [-0.39, 0.29) is 12.5 Å². The first-order chi connectivity index (χ1) is 21.6. The molecule has 0 aliphatic carbocycles. The summed E-state index contributed by atoms with van der Waals surface area (Å²) in [5.74, 6) is -0.142. The highest BCUT2D eigenvalue weighted by Crippen LogP contribution is 2.16. The van der Waals surface area contributed by atoms with Crippen molar-refractivity contribution in [3.05, 3.63) is 0 Å². The highest BCUT2D eigenvalue weighted by atomic mass is 16.3. The van der Waals surface area contributed by atoms with Gasteiger partial charge in [0.2, 0.25) is 5.91 Å². The van der Waals surface area contributed by atoms with Gasteiger partial charge in [-0.1, -0.05) is 200 Å². The first-order valence-corrected chi connectivity index (χ1v) is 19.8. The van der Waals surface area contributed by atoms with Gasteiger partial charge in [0, 0.05) is 6.42 Å². The van der Waals surface area contributed by atoms with E-state index in [4.69, 9.17) is 0 Å². The SMILES string of the molecule is CCCCCCCCCCCCCCCCCCC(O)C(O)C(CO)NC(=O)CCCCCCCCCCCCCCCC. The molecule has 0 aliphatic heterocycles. The number of aliphatic hydroxyl groups is 3. The van der Waals surface area contributed by atoms with Crippen LogP contribution in [0.15, 0.2) is 0 Å². The van der Waals surface area contributed by atoms with Gasteiger partial charge >= 0.3 is 0 Å². The number of hydrogen-bond acceptors (Lipinski definition) is 4. The number of aliphatic hydroxyl groups excluding tert-OH is 3. The van der Waals surface area contributed by atoms with Gasteiger partial charge in [-0.3, -0.25) is 4.79 Å². The van der Waals surface area contributed by atoms with Crippen LogP contribution in [0.5, 0.6) is 0 Å². The minimum Gasteiger partial charge on any atom is -0.394 e. The first kappa shape index (κ1) is 43.4. The van der Waals surface area contributed by atoms with Gasteiger partial charge in [0.25, 0.3) is 0 Å². The maximum atomic E-state index is 12.4. The van der Waals surface area contributed by atoms with Crippen LogP contribution in [0.3, 0.4) is 0 Å². The summed E-state index contributed by atoms with van der Waals surface area (Å²) < 4.78 is 0. The molecule has 0 aromatic carbocycles. The molecule has 0 aromatic rings. The van der Waals surface area contributed by atoms with Gasteiger partial charge in [-0.2, -0.15) is 0 Å². The van der Waals surface area contributed by atoms with E-state index < -0.39 is 18.2 Å². The van der Waals surface area contributed by atoms with Gasteiger partial charge in [0.1, 0.15) is 6.10 Å². The van der Waals surface area contributed by atoms with Crippen molar-refractivity contribution in [3.63, 3.8) is 0 Å². The molecule has 5 nitrogen and oxygen atoms in total. The monoisotopic (exact) mass is 626 g/mol. The average molecular weight is 626 g/mol. The molecule has 5 heteroatoms. The molecule has 0 bridgehead atoms. The van der Waals surface area contributed by atoms with Crippen LogP contribution in [-0.2, 0) is 4.79 Å². The smallest absolute Gasteiger partial charge is 0.220 e. The van der Waals surface area contributed by atoms with Crippen LogP contribution in [0, 0.1) is 0 Å². The summed E-state index contributed by atoms with van der Waals surface area (Å²) in [4.78, 5) is 12.4. The molecule has 0 fully saturated rings. The van der Waals surface area contributed by atoms with Crippen LogP contribution in [0.1, 0.15) is 219 Å². The van der Waals surface area contributed by atoms with Crippen molar-refractivity contribution in [2.24, 2.45) is 0 Å². The Morgan fingerprint density at radius 3 is 1.09 bits per heavy atom. The maximum absolute atomic E-state index is 12.4. The van der Waals surface area contributed by atoms with E-state index in [1.165, 1.54) is 161 Å². The quantitative estimate of drug-likeness (QED) is 0.0521. The van der Waals surface area contributed by atoms with Crippen molar-refractivity contribution in [2.75, 3.05) is 6.61 Å². The Kier molecular flexibility index (Phi) is 34.7. The molecule has 3 atom stereocenters. The van der Waals surface area contributed by atoms with Gasteiger partial charge in [0.05, 0.1) is 18.8 Å². The zero-order valence-corrected chi connectivity index (χ0v) is 29.8. The van der Waals surface area contributed by atoms with E-state index >= 15 is 0 Å². The van der Waals surface area contributed by atoms with Gasteiger partial charge in [-0.25, -0.2) is 0 Å². The van der Waals surface area contributed by atoms with E-state index in [2.05, 4.69) is 19.2 Å². The molecule has 0 heterocycles. The largest absolute Gasteiger partial charge is 0.394 e. The first-order valence-electron chi connectivity index (χ1n) is 19.8. The number of unbranched alkanes of at least 4 members (excludes halogenated alkanes) is 28. The fourth-order valence-corrected chi connectivity index (χ4v) is 6.34. The fourth-order valence-electron chi connectivity index (χ4n) is 6.34. The van der Waals surface area contributed by atoms with E-state index in [1.807, 2.05) is 0 Å². The fraction of sp³-hybridized carbons (Fsp3) is 0.974. The summed E-state index contributed by atoms with van der Waals surface area (Å²) >= 11 is 0. The lowest BCUT2D eigenvalue weighted by Gasteiger charge is -2.26. The third-order valence-corrected chi connectivity index (χ3v) is 9.46. The molecule has 0 aromatic heterocycles. The van der Waals surface area contributed by atoms with Crippen LogP contribution >= 0.6 is 0 Å². The Morgan fingerprint density at radius 2 is 0.773 bits per heavy atom.